The minimum Gasteiger partial charge on any atom is -0.508 e. The van der Waals surface area contributed by atoms with Gasteiger partial charge in [0.2, 0.25) is 11.8 Å². The molecule has 2 amide bonds. The summed E-state index contributed by atoms with van der Waals surface area (Å²) in [5, 5.41) is 19.4. The molecule has 0 saturated carbocycles. The van der Waals surface area contributed by atoms with E-state index in [1.54, 1.807) is 44.7 Å². The SMILES string of the molecule is CC(C)(C)OC(=O)[C@H](Cc1ccc(O)cc1)NC(=O)[C@H](CC1CC=CS1)NC(=O)Cc1cccs1. The first-order valence-corrected chi connectivity index (χ1v) is 13.3. The molecule has 1 aliphatic heterocycles. The first-order chi connectivity index (χ1) is 16.6. The summed E-state index contributed by atoms with van der Waals surface area (Å²) in [6.07, 6.45) is 3.70. The van der Waals surface area contributed by atoms with E-state index in [9.17, 15) is 19.5 Å². The molecule has 1 aliphatic rings. The lowest BCUT2D eigenvalue weighted by molar-refractivity contribution is -0.158. The Bertz CT molecular complexity index is 1020. The molecule has 1 unspecified atom stereocenters. The summed E-state index contributed by atoms with van der Waals surface area (Å²) < 4.78 is 5.56. The Hall–Kier alpha value is -2.78. The van der Waals surface area contributed by atoms with E-state index in [-0.39, 0.29) is 29.7 Å². The predicted octanol–water partition coefficient (Wildman–Crippen LogP) is 3.96. The fourth-order valence-corrected chi connectivity index (χ4v) is 5.27. The van der Waals surface area contributed by atoms with Gasteiger partial charge in [0.1, 0.15) is 23.4 Å². The zero-order valence-corrected chi connectivity index (χ0v) is 21.8. The second-order valence-electron chi connectivity index (χ2n) is 9.44. The lowest BCUT2D eigenvalue weighted by atomic mass is 10.0. The number of carbonyl (C=O) groups is 3. The minimum absolute atomic E-state index is 0.114. The average molecular weight is 517 g/mol. The van der Waals surface area contributed by atoms with Crippen LogP contribution in [0.25, 0.3) is 0 Å². The first-order valence-electron chi connectivity index (χ1n) is 11.5. The molecular formula is C26H32N2O5S2. The highest BCUT2D eigenvalue weighted by atomic mass is 32.2. The van der Waals surface area contributed by atoms with E-state index >= 15 is 0 Å². The summed E-state index contributed by atoms with van der Waals surface area (Å²) in [4.78, 5) is 40.0. The second kappa shape index (κ2) is 12.3. The summed E-state index contributed by atoms with van der Waals surface area (Å²) in [6, 6.07) is 8.48. The van der Waals surface area contributed by atoms with Crippen molar-refractivity contribution in [3.05, 3.63) is 63.7 Å². The van der Waals surface area contributed by atoms with E-state index in [4.69, 9.17) is 4.74 Å². The van der Waals surface area contributed by atoms with Gasteiger partial charge in [0, 0.05) is 16.5 Å². The third kappa shape index (κ3) is 9.07. The van der Waals surface area contributed by atoms with Crippen LogP contribution in [0, 0.1) is 0 Å². The lowest BCUT2D eigenvalue weighted by Crippen LogP contribution is -2.54. The van der Waals surface area contributed by atoms with Crippen molar-refractivity contribution < 1.29 is 24.2 Å². The van der Waals surface area contributed by atoms with Crippen LogP contribution in [0.4, 0.5) is 0 Å². The Balaban J connectivity index is 1.74. The summed E-state index contributed by atoms with van der Waals surface area (Å²) in [7, 11) is 0. The van der Waals surface area contributed by atoms with Crippen LogP contribution < -0.4 is 10.6 Å². The molecule has 3 atom stereocenters. The number of hydrogen-bond acceptors (Lipinski definition) is 7. The molecule has 0 radical (unpaired) electrons. The third-order valence-corrected chi connectivity index (χ3v) is 7.21. The number of rotatable bonds is 10. The van der Waals surface area contributed by atoms with Crippen LogP contribution in [0.2, 0.25) is 0 Å². The van der Waals surface area contributed by atoms with Crippen LogP contribution in [0.5, 0.6) is 5.75 Å². The summed E-state index contributed by atoms with van der Waals surface area (Å²) in [5.74, 6) is -1.11. The standard InChI is InChI=1S/C26H32N2O5S2/c1-26(2,3)33-25(32)22(14-17-8-10-18(29)11-9-17)28-24(31)21(15-19-6-4-12-34-19)27-23(30)16-20-7-5-13-35-20/h4-5,7-13,19,21-22,29H,6,14-16H2,1-3H3,(H,27,30)(H,28,31)/t19?,21-,22-/m0/s1. The van der Waals surface area contributed by atoms with Crippen molar-refractivity contribution in [3.63, 3.8) is 0 Å². The molecule has 3 N–H and O–H groups in total. The van der Waals surface area contributed by atoms with E-state index in [0.717, 1.165) is 16.9 Å². The molecule has 0 saturated heterocycles. The Morgan fingerprint density at radius 2 is 1.86 bits per heavy atom. The number of thioether (sulfide) groups is 1. The first kappa shape index (κ1) is 26.8. The number of carbonyl (C=O) groups excluding carboxylic acids is 3. The van der Waals surface area contributed by atoms with Crippen molar-refractivity contribution in [2.24, 2.45) is 0 Å². The Morgan fingerprint density at radius 3 is 2.46 bits per heavy atom. The van der Waals surface area contributed by atoms with Gasteiger partial charge in [-0.2, -0.15) is 0 Å². The third-order valence-electron chi connectivity index (χ3n) is 5.22. The highest BCUT2D eigenvalue weighted by molar-refractivity contribution is 8.03. The molecule has 2 aromatic rings. The highest BCUT2D eigenvalue weighted by Crippen LogP contribution is 2.28. The van der Waals surface area contributed by atoms with E-state index in [1.807, 2.05) is 29.0 Å². The van der Waals surface area contributed by atoms with Gasteiger partial charge in [-0.15, -0.1) is 23.1 Å². The number of phenolic OH excluding ortho intramolecular Hbond substituents is 1. The molecule has 9 heteroatoms. The number of phenols is 1. The molecule has 35 heavy (non-hydrogen) atoms. The number of allylic oxidation sites excluding steroid dienone is 1. The Kier molecular flexibility index (Phi) is 9.40. The molecule has 7 nitrogen and oxygen atoms in total. The summed E-state index contributed by atoms with van der Waals surface area (Å²) in [6.45, 7) is 5.30. The number of aromatic hydroxyl groups is 1. The van der Waals surface area contributed by atoms with Crippen molar-refractivity contribution >= 4 is 40.9 Å². The lowest BCUT2D eigenvalue weighted by Gasteiger charge is -2.27. The number of amides is 2. The molecule has 0 spiro atoms. The summed E-state index contributed by atoms with van der Waals surface area (Å²) in [5.41, 5.74) is 0.0305. The van der Waals surface area contributed by atoms with Crippen LogP contribution in [0.3, 0.4) is 0 Å². The van der Waals surface area contributed by atoms with Crippen LogP contribution in [0.15, 0.2) is 53.3 Å². The van der Waals surface area contributed by atoms with Gasteiger partial charge in [-0.1, -0.05) is 24.3 Å². The molecular weight excluding hydrogens is 484 g/mol. The molecule has 0 fully saturated rings. The fourth-order valence-electron chi connectivity index (χ4n) is 3.60. The van der Waals surface area contributed by atoms with Crippen molar-refractivity contribution in [2.45, 2.75) is 69.4 Å². The maximum absolute atomic E-state index is 13.4. The van der Waals surface area contributed by atoms with Crippen LogP contribution in [0.1, 0.15) is 44.1 Å². The zero-order chi connectivity index (χ0) is 25.4. The van der Waals surface area contributed by atoms with Gasteiger partial charge in [-0.25, -0.2) is 4.79 Å². The molecule has 0 bridgehead atoms. The Labute approximate surface area is 214 Å². The van der Waals surface area contributed by atoms with Gasteiger partial charge in [-0.3, -0.25) is 9.59 Å². The van der Waals surface area contributed by atoms with Gasteiger partial charge >= 0.3 is 5.97 Å². The smallest absolute Gasteiger partial charge is 0.329 e. The van der Waals surface area contributed by atoms with Gasteiger partial charge < -0.3 is 20.5 Å². The molecule has 3 rings (SSSR count). The number of thiophene rings is 1. The van der Waals surface area contributed by atoms with Gasteiger partial charge in [0.15, 0.2) is 0 Å². The molecule has 1 aromatic carbocycles. The van der Waals surface area contributed by atoms with Crippen LogP contribution >= 0.6 is 23.1 Å². The van der Waals surface area contributed by atoms with E-state index < -0.39 is 29.6 Å². The zero-order valence-electron chi connectivity index (χ0n) is 20.2. The van der Waals surface area contributed by atoms with Crippen molar-refractivity contribution in [2.75, 3.05) is 0 Å². The maximum Gasteiger partial charge on any atom is 0.329 e. The fraction of sp³-hybridized carbons (Fsp3) is 0.423. The number of esters is 1. The van der Waals surface area contributed by atoms with Crippen LogP contribution in [-0.2, 0) is 32.0 Å². The molecule has 0 aliphatic carbocycles. The number of nitrogens with one attached hydrogen (secondary N) is 2. The average Bonchev–Trinajstić information content (AvgIpc) is 3.47. The molecule has 2 heterocycles. The molecule has 188 valence electrons. The molecule has 1 aromatic heterocycles. The van der Waals surface area contributed by atoms with Gasteiger partial charge in [0.05, 0.1) is 6.42 Å². The van der Waals surface area contributed by atoms with Crippen molar-refractivity contribution in [1.29, 1.82) is 0 Å². The largest absolute Gasteiger partial charge is 0.508 e. The van der Waals surface area contributed by atoms with Gasteiger partial charge in [0.25, 0.3) is 0 Å². The Morgan fingerprint density at radius 1 is 1.11 bits per heavy atom. The highest BCUT2D eigenvalue weighted by Gasteiger charge is 2.32. The number of hydrogen-bond donors (Lipinski definition) is 3. The van der Waals surface area contributed by atoms with E-state index in [2.05, 4.69) is 10.6 Å². The van der Waals surface area contributed by atoms with Crippen LogP contribution in [-0.4, -0.2) is 45.8 Å². The van der Waals surface area contributed by atoms with E-state index in [0.29, 0.717) is 6.42 Å². The number of ether oxygens (including phenoxy) is 1. The normalized spacial score (nSPS) is 16.9. The van der Waals surface area contributed by atoms with Crippen molar-refractivity contribution in [1.82, 2.24) is 10.6 Å². The van der Waals surface area contributed by atoms with Crippen molar-refractivity contribution in [3.8, 4) is 5.75 Å². The predicted molar refractivity (Wildman–Crippen MR) is 139 cm³/mol. The topological polar surface area (TPSA) is 105 Å². The maximum atomic E-state index is 13.4. The quantitative estimate of drug-likeness (QED) is 0.413. The minimum atomic E-state index is -0.947. The summed E-state index contributed by atoms with van der Waals surface area (Å²) >= 11 is 3.12. The number of benzene rings is 1. The second-order valence-corrected chi connectivity index (χ2v) is 11.7. The van der Waals surface area contributed by atoms with Gasteiger partial charge in [-0.05, 0) is 68.2 Å². The monoisotopic (exact) mass is 516 g/mol. The van der Waals surface area contributed by atoms with E-state index in [1.165, 1.54) is 23.5 Å².